The van der Waals surface area contributed by atoms with E-state index in [1.165, 1.54) is 0 Å². The van der Waals surface area contributed by atoms with E-state index in [9.17, 15) is 9.59 Å². The first-order chi connectivity index (χ1) is 13.9. The molecule has 2 amide bonds. The van der Waals surface area contributed by atoms with Gasteiger partial charge in [0.05, 0.1) is 0 Å². The van der Waals surface area contributed by atoms with Crippen molar-refractivity contribution < 1.29 is 14.0 Å². The molecule has 0 spiro atoms. The molecule has 3 rings (SSSR count). The number of carbonyl (C=O) groups excluding carboxylic acids is 2. The number of nitrogens with one attached hydrogen (secondary N) is 1. The van der Waals surface area contributed by atoms with Gasteiger partial charge in [-0.05, 0) is 56.3 Å². The first-order valence-electron chi connectivity index (χ1n) is 9.15. The highest BCUT2D eigenvalue weighted by Gasteiger charge is 2.12. The highest BCUT2D eigenvalue weighted by atomic mass is 79.9. The van der Waals surface area contributed by atoms with Gasteiger partial charge in [-0.15, -0.1) is 5.10 Å². The van der Waals surface area contributed by atoms with Crippen molar-refractivity contribution in [3.63, 3.8) is 0 Å². The monoisotopic (exact) mass is 456 g/mol. The zero-order valence-corrected chi connectivity index (χ0v) is 17.7. The maximum Gasteiger partial charge on any atom is 0.271 e. The molecule has 3 aromatic rings. The van der Waals surface area contributed by atoms with E-state index in [0.717, 1.165) is 23.2 Å². The molecule has 1 heterocycles. The van der Waals surface area contributed by atoms with Gasteiger partial charge in [0.25, 0.3) is 11.8 Å². The molecule has 0 fully saturated rings. The van der Waals surface area contributed by atoms with Crippen molar-refractivity contribution >= 4 is 44.4 Å². The molecular weight excluding hydrogens is 436 g/mol. The van der Waals surface area contributed by atoms with E-state index in [2.05, 4.69) is 45.2 Å². The smallest absolute Gasteiger partial charge is 0.271 e. The number of hydrogen-bond donors (Lipinski definition) is 2. The lowest BCUT2D eigenvalue weighted by atomic mass is 10.1. The van der Waals surface area contributed by atoms with E-state index in [1.807, 2.05) is 18.2 Å². The lowest BCUT2D eigenvalue weighted by Gasteiger charge is -2.21. The van der Waals surface area contributed by atoms with Gasteiger partial charge in [-0.2, -0.15) is 0 Å². The molecule has 0 saturated heterocycles. The highest BCUT2D eigenvalue weighted by Crippen LogP contribution is 2.22. The van der Waals surface area contributed by atoms with Crippen LogP contribution in [0.2, 0.25) is 0 Å². The SMILES string of the molecule is CCN(CC)c1ccc2cc(C(N)=O)/c(=N/NC(=O)c3ccc(Br)cc3)oc2c1. The van der Waals surface area contributed by atoms with Crippen LogP contribution < -0.4 is 21.6 Å². The van der Waals surface area contributed by atoms with Crippen molar-refractivity contribution in [2.24, 2.45) is 10.8 Å². The largest absolute Gasteiger partial charge is 0.436 e. The predicted octanol–water partition coefficient (Wildman–Crippen LogP) is 3.39. The van der Waals surface area contributed by atoms with Crippen molar-refractivity contribution in [2.75, 3.05) is 18.0 Å². The number of fused-ring (bicyclic) bond motifs is 1. The van der Waals surface area contributed by atoms with E-state index in [1.54, 1.807) is 30.3 Å². The zero-order valence-electron chi connectivity index (χ0n) is 16.1. The van der Waals surface area contributed by atoms with Crippen molar-refractivity contribution in [2.45, 2.75) is 13.8 Å². The lowest BCUT2D eigenvalue weighted by Crippen LogP contribution is -2.27. The average Bonchev–Trinajstić information content (AvgIpc) is 2.72. The quantitative estimate of drug-likeness (QED) is 0.555. The van der Waals surface area contributed by atoms with Gasteiger partial charge in [-0.3, -0.25) is 9.59 Å². The molecule has 150 valence electrons. The van der Waals surface area contributed by atoms with Gasteiger partial charge in [0, 0.05) is 40.3 Å². The number of primary amides is 1. The highest BCUT2D eigenvalue weighted by molar-refractivity contribution is 9.10. The van der Waals surface area contributed by atoms with Gasteiger partial charge < -0.3 is 15.1 Å². The normalized spacial score (nSPS) is 11.5. The standard InChI is InChI=1S/C21H21BrN4O3/c1-3-26(4-2)16-10-7-14-11-17(19(23)27)21(29-18(14)12-16)25-24-20(28)13-5-8-15(22)9-6-13/h5-12H,3-4H2,1-2H3,(H2,23,27)(H,24,28)/b25-21-. The van der Waals surface area contributed by atoms with Gasteiger partial charge in [0.15, 0.2) is 0 Å². The Kier molecular flexibility index (Phi) is 6.33. The first kappa shape index (κ1) is 20.6. The van der Waals surface area contributed by atoms with E-state index >= 15 is 0 Å². The number of anilines is 1. The topological polar surface area (TPSA) is 101 Å². The van der Waals surface area contributed by atoms with E-state index in [-0.39, 0.29) is 11.1 Å². The van der Waals surface area contributed by atoms with Gasteiger partial charge in [0.1, 0.15) is 11.1 Å². The number of halogens is 1. The molecule has 0 radical (unpaired) electrons. The Labute approximate surface area is 176 Å². The molecule has 1 aromatic heterocycles. The Morgan fingerprint density at radius 2 is 1.79 bits per heavy atom. The summed E-state index contributed by atoms with van der Waals surface area (Å²) in [5, 5.41) is 4.71. The fraction of sp³-hybridized carbons (Fsp3) is 0.190. The number of nitrogens with zero attached hydrogens (tertiary/aromatic N) is 2. The number of hydrogen-bond acceptors (Lipinski definition) is 5. The molecule has 29 heavy (non-hydrogen) atoms. The number of nitrogens with two attached hydrogens (primary N) is 1. The second-order valence-electron chi connectivity index (χ2n) is 6.28. The minimum Gasteiger partial charge on any atom is -0.436 e. The third-order valence-electron chi connectivity index (χ3n) is 4.49. The van der Waals surface area contributed by atoms with Crippen LogP contribution in [0, 0.1) is 0 Å². The summed E-state index contributed by atoms with van der Waals surface area (Å²) >= 11 is 3.32. The summed E-state index contributed by atoms with van der Waals surface area (Å²) in [6.45, 7) is 5.84. The number of amides is 2. The Hall–Kier alpha value is -3.13. The van der Waals surface area contributed by atoms with Gasteiger partial charge in [-0.25, -0.2) is 5.43 Å². The Morgan fingerprint density at radius 1 is 1.10 bits per heavy atom. The second-order valence-corrected chi connectivity index (χ2v) is 7.20. The van der Waals surface area contributed by atoms with Crippen molar-refractivity contribution in [1.29, 1.82) is 0 Å². The molecule has 0 bridgehead atoms. The van der Waals surface area contributed by atoms with Crippen molar-refractivity contribution in [3.8, 4) is 0 Å². The van der Waals surface area contributed by atoms with Gasteiger partial charge >= 0.3 is 0 Å². The number of carbonyl (C=O) groups is 2. The lowest BCUT2D eigenvalue weighted by molar-refractivity contribution is 0.0946. The van der Waals surface area contributed by atoms with Crippen molar-refractivity contribution in [3.05, 3.63) is 69.7 Å². The van der Waals surface area contributed by atoms with E-state index < -0.39 is 11.8 Å². The summed E-state index contributed by atoms with van der Waals surface area (Å²) in [4.78, 5) is 26.3. The molecule has 2 aromatic carbocycles. The maximum atomic E-state index is 12.3. The van der Waals surface area contributed by atoms with Gasteiger partial charge in [0.2, 0.25) is 5.55 Å². The molecule has 0 saturated carbocycles. The fourth-order valence-electron chi connectivity index (χ4n) is 2.92. The van der Waals surface area contributed by atoms with Crippen LogP contribution in [0.4, 0.5) is 5.69 Å². The summed E-state index contributed by atoms with van der Waals surface area (Å²) in [5.74, 6) is -1.12. The van der Waals surface area contributed by atoms with E-state index in [0.29, 0.717) is 16.5 Å². The van der Waals surface area contributed by atoms with Crippen LogP contribution in [-0.4, -0.2) is 24.9 Å². The minimum absolute atomic E-state index is 0.0489. The van der Waals surface area contributed by atoms with Crippen molar-refractivity contribution in [1.82, 2.24) is 5.43 Å². The average molecular weight is 457 g/mol. The predicted molar refractivity (Wildman–Crippen MR) is 115 cm³/mol. The zero-order chi connectivity index (χ0) is 21.0. The molecule has 8 heteroatoms. The molecule has 0 aliphatic rings. The van der Waals surface area contributed by atoms with E-state index in [4.69, 9.17) is 10.2 Å². The molecule has 0 aliphatic heterocycles. The third kappa shape index (κ3) is 4.65. The molecule has 7 nitrogen and oxygen atoms in total. The molecule has 3 N–H and O–H groups in total. The minimum atomic E-state index is -0.694. The van der Waals surface area contributed by atoms with Crippen LogP contribution in [0.25, 0.3) is 11.0 Å². The molecule has 0 unspecified atom stereocenters. The Morgan fingerprint density at radius 3 is 2.41 bits per heavy atom. The maximum absolute atomic E-state index is 12.3. The molecule has 0 aliphatic carbocycles. The number of rotatable bonds is 6. The van der Waals surface area contributed by atoms with Crippen LogP contribution >= 0.6 is 15.9 Å². The molecule has 0 atom stereocenters. The summed E-state index contributed by atoms with van der Waals surface area (Å²) in [6, 6.07) is 14.1. The summed E-state index contributed by atoms with van der Waals surface area (Å²) < 4.78 is 6.68. The third-order valence-corrected chi connectivity index (χ3v) is 5.02. The van der Waals surface area contributed by atoms with Crippen LogP contribution in [0.1, 0.15) is 34.6 Å². The Bertz CT molecular complexity index is 1120. The molecular formula is C21H21BrN4O3. The van der Waals surface area contributed by atoms with Crippen LogP contribution in [0.15, 0.2) is 62.5 Å². The summed E-state index contributed by atoms with van der Waals surface area (Å²) in [6.07, 6.45) is 0. The van der Waals surface area contributed by atoms with Crippen LogP contribution in [0.3, 0.4) is 0 Å². The fourth-order valence-corrected chi connectivity index (χ4v) is 3.18. The van der Waals surface area contributed by atoms with Crippen LogP contribution in [-0.2, 0) is 0 Å². The van der Waals surface area contributed by atoms with Crippen LogP contribution in [0.5, 0.6) is 0 Å². The Balaban J connectivity index is 2.02. The first-order valence-corrected chi connectivity index (χ1v) is 9.94. The van der Waals surface area contributed by atoms with Gasteiger partial charge in [-0.1, -0.05) is 15.9 Å². The number of benzene rings is 2. The second kappa shape index (κ2) is 8.91. The summed E-state index contributed by atoms with van der Waals surface area (Å²) in [5.41, 5.74) is 9.87. The summed E-state index contributed by atoms with van der Waals surface area (Å²) in [7, 11) is 0.